The summed E-state index contributed by atoms with van der Waals surface area (Å²) >= 11 is 0. The molecule has 0 fully saturated rings. The molecule has 0 aliphatic heterocycles. The van der Waals surface area contributed by atoms with Crippen LogP contribution in [0.25, 0.3) is 0 Å². The summed E-state index contributed by atoms with van der Waals surface area (Å²) in [5, 5.41) is 0.745. The Morgan fingerprint density at radius 2 is 0.788 bits per heavy atom. The molecule has 2 aromatic carbocycles. The van der Waals surface area contributed by atoms with Crippen molar-refractivity contribution in [1.29, 1.82) is 0 Å². The smallest absolute Gasteiger partial charge is 1.00 e. The molecule has 0 aromatic heterocycles. The van der Waals surface area contributed by atoms with E-state index in [4.69, 9.17) is 37.9 Å². The van der Waals surface area contributed by atoms with E-state index in [0.717, 1.165) is 0 Å². The van der Waals surface area contributed by atoms with Gasteiger partial charge < -0.3 is 55.1 Å². The number of rotatable bonds is 10. The van der Waals surface area contributed by atoms with Crippen LogP contribution in [0, 0.1) is 0 Å². The van der Waals surface area contributed by atoms with Crippen LogP contribution >= 0.6 is 0 Å². The van der Waals surface area contributed by atoms with Crippen molar-refractivity contribution in [3.63, 3.8) is 0 Å². The fourth-order valence-corrected chi connectivity index (χ4v) is 5.92. The van der Waals surface area contributed by atoms with Gasteiger partial charge in [0.15, 0.2) is 23.0 Å². The van der Waals surface area contributed by atoms with Crippen molar-refractivity contribution < 1.29 is 55.1 Å². The Balaban J connectivity index is 0.00000512. The second-order valence-electron chi connectivity index (χ2n) is 6.49. The summed E-state index contributed by atoms with van der Waals surface area (Å²) in [6.07, 6.45) is 0. The van der Waals surface area contributed by atoms with E-state index in [1.807, 2.05) is 0 Å². The van der Waals surface area contributed by atoms with Crippen LogP contribution in [-0.4, -0.2) is 88.2 Å². The zero-order valence-electron chi connectivity index (χ0n) is 20.4. The van der Waals surface area contributed by atoms with Gasteiger partial charge in [-0.1, -0.05) is 6.55 Å². The summed E-state index contributed by atoms with van der Waals surface area (Å²) in [4.78, 5) is 14.4. The Bertz CT molecular complexity index is 867. The minimum Gasteiger partial charge on any atom is -1.00 e. The van der Waals surface area contributed by atoms with Crippen LogP contribution in [0.2, 0.25) is 6.55 Å². The van der Waals surface area contributed by atoms with Crippen LogP contribution in [0.15, 0.2) is 12.1 Å². The first kappa shape index (κ1) is 31.1. The van der Waals surface area contributed by atoms with E-state index < -0.39 is 8.32 Å². The van der Waals surface area contributed by atoms with Gasteiger partial charge >= 0.3 is 23.1 Å². The normalized spacial score (nSPS) is 10.2. The van der Waals surface area contributed by atoms with E-state index in [-0.39, 0.29) is 58.5 Å². The average molecular weight is 513 g/mol. The Morgan fingerprint density at radius 3 is 1.00 bits per heavy atom. The molecule has 12 heteroatoms. The van der Waals surface area contributed by atoms with Gasteiger partial charge in [0.2, 0.25) is 23.0 Å². The van der Waals surface area contributed by atoms with Gasteiger partial charge in [-0.15, -0.1) is 0 Å². The molecule has 0 N–H and O–H groups in total. The first-order chi connectivity index (χ1) is 14.8. The van der Waals surface area contributed by atoms with Gasteiger partial charge in [-0.25, -0.2) is 0 Å². The SMILES string of the molecule is COc1cc([Si](C)([O-])c2cc(OC)c(OC)c(OC)c2OC)c(OC)c(OC)c1OC.[Cl-].[Mg+2]. The van der Waals surface area contributed by atoms with Crippen LogP contribution < -0.4 is 65.5 Å². The minimum absolute atomic E-state index is 0. The summed E-state index contributed by atoms with van der Waals surface area (Å²) in [6, 6.07) is 3.23. The van der Waals surface area contributed by atoms with Gasteiger partial charge in [0, 0.05) is 8.32 Å². The number of methoxy groups -OCH3 is 8. The number of ether oxygens (including phenoxy) is 8. The molecule has 33 heavy (non-hydrogen) atoms. The maximum Gasteiger partial charge on any atom is 2.00 e. The van der Waals surface area contributed by atoms with Crippen LogP contribution in [0.1, 0.15) is 0 Å². The van der Waals surface area contributed by atoms with Crippen molar-refractivity contribution in [1.82, 2.24) is 0 Å². The largest absolute Gasteiger partial charge is 2.00 e. The molecule has 0 bridgehead atoms. The molecule has 0 radical (unpaired) electrons. The van der Waals surface area contributed by atoms with E-state index in [2.05, 4.69) is 0 Å². The molecule has 0 aliphatic rings. The molecule has 0 spiro atoms. The molecule has 2 aromatic rings. The molecule has 0 amide bonds. The molecule has 9 nitrogen and oxygen atoms in total. The standard InChI is InChI=1S/C21H29O9Si.ClH.Mg/c1-23-12-10-14(18(27-5)20(29-7)16(12)25-3)31(9,22)15-11-13(24-2)17(26-4)21(30-8)19(15)28-6;;/h10-11H,1-9H3;1H;/q-1;;+2/p-1. The summed E-state index contributed by atoms with van der Waals surface area (Å²) in [6.45, 7) is 1.61. The monoisotopic (exact) mass is 512 g/mol. The molecule has 0 unspecified atom stereocenters. The van der Waals surface area contributed by atoms with Gasteiger partial charge in [0.1, 0.15) is 0 Å². The second kappa shape index (κ2) is 13.1. The molecule has 0 saturated carbocycles. The minimum atomic E-state index is -3.78. The number of halogens is 1. The summed E-state index contributed by atoms with van der Waals surface area (Å²) in [5.41, 5.74) is 0. The maximum absolute atomic E-state index is 14.4. The van der Waals surface area contributed by atoms with E-state index in [1.165, 1.54) is 56.9 Å². The Hall–Kier alpha value is -1.93. The van der Waals surface area contributed by atoms with Crippen molar-refractivity contribution in [2.45, 2.75) is 6.55 Å². The number of hydrogen-bond donors (Lipinski definition) is 0. The topological polar surface area (TPSA) is 96.9 Å². The maximum atomic E-state index is 14.4. The zero-order valence-corrected chi connectivity index (χ0v) is 23.6. The van der Waals surface area contributed by atoms with E-state index >= 15 is 0 Å². The third kappa shape index (κ3) is 5.43. The van der Waals surface area contributed by atoms with E-state index in [1.54, 1.807) is 18.7 Å². The van der Waals surface area contributed by atoms with Crippen LogP contribution in [-0.2, 0) is 0 Å². The van der Waals surface area contributed by atoms with Crippen molar-refractivity contribution in [2.75, 3.05) is 56.9 Å². The predicted molar refractivity (Wildman–Crippen MR) is 122 cm³/mol. The molecule has 180 valence electrons. The first-order valence-corrected chi connectivity index (χ1v) is 11.7. The second-order valence-corrected chi connectivity index (χ2v) is 9.63. The van der Waals surface area contributed by atoms with Crippen molar-refractivity contribution in [3.05, 3.63) is 12.1 Å². The van der Waals surface area contributed by atoms with Gasteiger partial charge in [-0.05, 0) is 22.5 Å². The van der Waals surface area contributed by atoms with E-state index in [0.29, 0.717) is 33.4 Å². The molecule has 0 aliphatic carbocycles. The van der Waals surface area contributed by atoms with Gasteiger partial charge in [-0.3, -0.25) is 0 Å². The fourth-order valence-electron chi connectivity index (χ4n) is 3.52. The molecular formula is C21H29ClMgO9Si. The third-order valence-electron chi connectivity index (χ3n) is 5.01. The number of hydrogen-bond acceptors (Lipinski definition) is 9. The summed E-state index contributed by atoms with van der Waals surface area (Å²) in [5.74, 6) is 2.40. The van der Waals surface area contributed by atoms with Crippen molar-refractivity contribution in [3.8, 4) is 46.0 Å². The summed E-state index contributed by atoms with van der Waals surface area (Å²) < 4.78 is 44.0. The predicted octanol–water partition coefficient (Wildman–Crippen LogP) is -2.57. The van der Waals surface area contributed by atoms with Crippen LogP contribution in [0.5, 0.6) is 46.0 Å². The molecule has 2 rings (SSSR count). The third-order valence-corrected chi connectivity index (χ3v) is 7.80. The fraction of sp³-hybridized carbons (Fsp3) is 0.429. The summed E-state index contributed by atoms with van der Waals surface area (Å²) in [7, 11) is 8.01. The van der Waals surface area contributed by atoms with Crippen molar-refractivity contribution in [2.24, 2.45) is 0 Å². The Labute approximate surface area is 217 Å². The van der Waals surface area contributed by atoms with Crippen LogP contribution in [0.3, 0.4) is 0 Å². The van der Waals surface area contributed by atoms with Gasteiger partial charge in [0.25, 0.3) is 0 Å². The quantitative estimate of drug-likeness (QED) is 0.318. The Morgan fingerprint density at radius 1 is 0.515 bits per heavy atom. The van der Waals surface area contributed by atoms with Gasteiger partial charge in [-0.2, -0.15) is 0 Å². The first-order valence-electron chi connectivity index (χ1n) is 9.26. The van der Waals surface area contributed by atoms with Crippen LogP contribution in [0.4, 0.5) is 0 Å². The average Bonchev–Trinajstić information content (AvgIpc) is 2.80. The molecular weight excluding hydrogens is 484 g/mol. The molecule has 0 heterocycles. The van der Waals surface area contributed by atoms with Crippen molar-refractivity contribution >= 4 is 41.7 Å². The molecule has 0 atom stereocenters. The number of benzene rings is 2. The van der Waals surface area contributed by atoms with E-state index in [9.17, 15) is 4.80 Å². The zero-order chi connectivity index (χ0) is 23.3. The van der Waals surface area contributed by atoms with Gasteiger partial charge in [0.05, 0.1) is 56.9 Å². The Kier molecular flexibility index (Phi) is 12.3. The molecule has 0 saturated heterocycles.